The molecule has 5 rings (SSSR count). The van der Waals surface area contributed by atoms with Crippen molar-refractivity contribution in [2.24, 2.45) is 23.3 Å². The number of carbonyl (C=O) groups is 2. The number of carbonyl (C=O) groups excluding carboxylic acids is 2. The molecule has 4 aromatic rings. The molecule has 2 heterocycles. The normalized spacial score (nSPS) is 17.3. The summed E-state index contributed by atoms with van der Waals surface area (Å²) < 4.78 is 4.61. The van der Waals surface area contributed by atoms with E-state index in [4.69, 9.17) is 11.5 Å². The molecule has 2 aromatic heterocycles. The molecule has 5 N–H and O–H groups in total. The van der Waals surface area contributed by atoms with Crippen LogP contribution in [0.3, 0.4) is 0 Å². The van der Waals surface area contributed by atoms with Crippen molar-refractivity contribution in [3.8, 4) is 22.5 Å². The number of amides is 2. The van der Waals surface area contributed by atoms with Crippen molar-refractivity contribution in [2.75, 3.05) is 11.4 Å². The predicted octanol–water partition coefficient (Wildman–Crippen LogP) is 3.71. The summed E-state index contributed by atoms with van der Waals surface area (Å²) in [6.45, 7) is 0.607. The minimum absolute atomic E-state index is 0. The highest BCUT2D eigenvalue weighted by atomic mass is 35.5. The summed E-state index contributed by atoms with van der Waals surface area (Å²) in [7, 11) is 0. The van der Waals surface area contributed by atoms with E-state index in [1.165, 1.54) is 0 Å². The van der Waals surface area contributed by atoms with Gasteiger partial charge in [0.1, 0.15) is 6.04 Å². The molecule has 0 aliphatic heterocycles. The van der Waals surface area contributed by atoms with Crippen LogP contribution < -0.4 is 22.1 Å². The van der Waals surface area contributed by atoms with Gasteiger partial charge in [-0.15, -0.1) is 12.4 Å². The fourth-order valence-corrected chi connectivity index (χ4v) is 5.36. The topological polar surface area (TPSA) is 161 Å². The molecule has 0 saturated heterocycles. The maximum atomic E-state index is 14.0. The molecular formula is C30H33ClN6O4. The molecule has 0 spiro atoms. The highest BCUT2D eigenvalue weighted by molar-refractivity contribution is 6.01. The molecular weight excluding hydrogens is 544 g/mol. The Morgan fingerprint density at radius 1 is 0.927 bits per heavy atom. The van der Waals surface area contributed by atoms with Crippen LogP contribution in [0.5, 0.6) is 0 Å². The summed E-state index contributed by atoms with van der Waals surface area (Å²) in [5.74, 6) is -0.928. The quantitative estimate of drug-likeness (QED) is 0.273. The van der Waals surface area contributed by atoms with Gasteiger partial charge in [0.15, 0.2) is 5.82 Å². The van der Waals surface area contributed by atoms with E-state index in [-0.39, 0.29) is 36.5 Å². The van der Waals surface area contributed by atoms with Crippen LogP contribution in [0.1, 0.15) is 31.2 Å². The van der Waals surface area contributed by atoms with E-state index in [2.05, 4.69) is 19.6 Å². The Kier molecular flexibility index (Phi) is 9.69. The number of benzene rings is 2. The third kappa shape index (κ3) is 6.90. The fourth-order valence-electron chi connectivity index (χ4n) is 5.36. The van der Waals surface area contributed by atoms with E-state index in [0.29, 0.717) is 36.6 Å². The van der Waals surface area contributed by atoms with Gasteiger partial charge in [0, 0.05) is 36.0 Å². The lowest BCUT2D eigenvalue weighted by molar-refractivity contribution is -0.127. The molecule has 1 fully saturated rings. The molecule has 2 amide bonds. The first-order valence-corrected chi connectivity index (χ1v) is 13.4. The van der Waals surface area contributed by atoms with E-state index in [1.807, 2.05) is 36.4 Å². The lowest BCUT2D eigenvalue weighted by Crippen LogP contribution is -2.52. The third-order valence-corrected chi connectivity index (χ3v) is 7.66. The average molecular weight is 577 g/mol. The maximum Gasteiger partial charge on any atom is 0.439 e. The molecule has 1 atom stereocenters. The van der Waals surface area contributed by atoms with Crippen LogP contribution in [0.4, 0.5) is 5.69 Å². The summed E-state index contributed by atoms with van der Waals surface area (Å²) in [5.41, 5.74) is 15.9. The van der Waals surface area contributed by atoms with Gasteiger partial charge in [0.25, 0.3) is 0 Å². The van der Waals surface area contributed by atoms with Crippen molar-refractivity contribution in [3.05, 3.63) is 89.2 Å². The highest BCUT2D eigenvalue weighted by Crippen LogP contribution is 2.33. The first-order chi connectivity index (χ1) is 19.4. The molecule has 0 radical (unpaired) electrons. The second-order valence-electron chi connectivity index (χ2n) is 10.2. The SMILES string of the molecule is Cl.NC[C@H]1CC[C@H](C(=O)N(c2ccc(-c3noc(=O)[nH]3)cc2)[C@@H](Cc2ccc(-c3ccncc3)cc2)C(N)=O)CC1. The standard InChI is InChI=1S/C30H32N6O4.ClH/c31-18-20-3-7-24(8-4-20)29(38)36(25-11-9-23(10-12-25)28-34-30(39)40-35-28)26(27(32)37)17-19-1-5-21(6-2-19)22-13-15-33-16-14-22;/h1-2,5-6,9-16,20,24,26H,3-4,7-8,17-18,31H2,(H2,32,37)(H,34,35,39);1H/t20-,24-,26-;/m0./s1. The van der Waals surface area contributed by atoms with E-state index in [0.717, 1.165) is 29.5 Å². The molecule has 0 bridgehead atoms. The molecule has 0 unspecified atom stereocenters. The molecule has 10 nitrogen and oxygen atoms in total. The number of nitrogens with zero attached hydrogens (tertiary/aromatic N) is 3. The Morgan fingerprint density at radius 3 is 2.10 bits per heavy atom. The number of H-pyrrole nitrogens is 1. The Labute approximate surface area is 243 Å². The maximum absolute atomic E-state index is 14.0. The monoisotopic (exact) mass is 576 g/mol. The lowest BCUT2D eigenvalue weighted by Gasteiger charge is -2.35. The Morgan fingerprint density at radius 2 is 1.54 bits per heavy atom. The summed E-state index contributed by atoms with van der Waals surface area (Å²) in [5, 5.41) is 3.72. The number of nitrogens with one attached hydrogen (secondary N) is 1. The van der Waals surface area contributed by atoms with E-state index in [1.54, 1.807) is 41.6 Å². The van der Waals surface area contributed by atoms with E-state index >= 15 is 0 Å². The molecule has 11 heteroatoms. The number of halogens is 1. The number of aromatic nitrogens is 3. The Hall–Kier alpha value is -4.28. The predicted molar refractivity (Wildman–Crippen MR) is 158 cm³/mol. The van der Waals surface area contributed by atoms with Gasteiger partial charge in [-0.25, -0.2) is 4.79 Å². The first-order valence-electron chi connectivity index (χ1n) is 13.4. The van der Waals surface area contributed by atoms with Gasteiger partial charge in [-0.1, -0.05) is 29.4 Å². The number of rotatable bonds is 9. The van der Waals surface area contributed by atoms with Gasteiger partial charge in [0.2, 0.25) is 11.8 Å². The zero-order valence-corrected chi connectivity index (χ0v) is 23.3. The smallest absolute Gasteiger partial charge is 0.368 e. The minimum atomic E-state index is -0.899. The molecule has 1 aliphatic rings. The molecule has 214 valence electrons. The largest absolute Gasteiger partial charge is 0.439 e. The van der Waals surface area contributed by atoms with Gasteiger partial charge in [0.05, 0.1) is 0 Å². The fraction of sp³-hybridized carbons (Fsp3) is 0.300. The van der Waals surface area contributed by atoms with Crippen LogP contribution in [-0.2, 0) is 16.0 Å². The number of aromatic amines is 1. The number of nitrogens with two attached hydrogens (primary N) is 2. The minimum Gasteiger partial charge on any atom is -0.368 e. The van der Waals surface area contributed by atoms with Crippen molar-refractivity contribution in [1.82, 2.24) is 15.1 Å². The van der Waals surface area contributed by atoms with Crippen LogP contribution >= 0.6 is 12.4 Å². The number of anilines is 1. The van der Waals surface area contributed by atoms with Crippen LogP contribution in [-0.4, -0.2) is 39.5 Å². The average Bonchev–Trinajstić information content (AvgIpc) is 3.44. The van der Waals surface area contributed by atoms with Crippen molar-refractivity contribution in [1.29, 1.82) is 0 Å². The van der Waals surface area contributed by atoms with Crippen LogP contribution in [0.2, 0.25) is 0 Å². The highest BCUT2D eigenvalue weighted by Gasteiger charge is 2.36. The summed E-state index contributed by atoms with van der Waals surface area (Å²) >= 11 is 0. The van der Waals surface area contributed by atoms with Crippen molar-refractivity contribution in [3.63, 3.8) is 0 Å². The number of primary amides is 1. The van der Waals surface area contributed by atoms with Gasteiger partial charge in [-0.05, 0) is 91.2 Å². The van der Waals surface area contributed by atoms with Crippen LogP contribution in [0.15, 0.2) is 82.4 Å². The number of hydrogen-bond donors (Lipinski definition) is 3. The van der Waals surface area contributed by atoms with Crippen molar-refractivity contribution >= 4 is 29.9 Å². The molecule has 1 saturated carbocycles. The summed E-state index contributed by atoms with van der Waals surface area (Å²) in [6, 6.07) is 17.7. The lowest BCUT2D eigenvalue weighted by atomic mass is 9.81. The Balaban J connectivity index is 0.00000387. The molecule has 2 aromatic carbocycles. The summed E-state index contributed by atoms with van der Waals surface area (Å²) in [6.07, 6.45) is 6.90. The second-order valence-corrected chi connectivity index (χ2v) is 10.2. The van der Waals surface area contributed by atoms with Crippen molar-refractivity contribution < 1.29 is 14.1 Å². The molecule has 41 heavy (non-hydrogen) atoms. The van der Waals surface area contributed by atoms with Gasteiger partial charge >= 0.3 is 5.76 Å². The van der Waals surface area contributed by atoms with E-state index in [9.17, 15) is 14.4 Å². The number of hydrogen-bond acceptors (Lipinski definition) is 7. The van der Waals surface area contributed by atoms with E-state index < -0.39 is 17.7 Å². The van der Waals surface area contributed by atoms with Crippen LogP contribution in [0.25, 0.3) is 22.5 Å². The molecule has 1 aliphatic carbocycles. The zero-order chi connectivity index (χ0) is 28.1. The van der Waals surface area contributed by atoms with Gasteiger partial charge in [-0.3, -0.25) is 29.0 Å². The number of pyridine rings is 1. The summed E-state index contributed by atoms with van der Waals surface area (Å²) in [4.78, 5) is 46.5. The second kappa shape index (κ2) is 13.4. The van der Waals surface area contributed by atoms with Crippen molar-refractivity contribution in [2.45, 2.75) is 38.1 Å². The van der Waals surface area contributed by atoms with Crippen LogP contribution in [0, 0.1) is 11.8 Å². The Bertz CT molecular complexity index is 1500. The van der Waals surface area contributed by atoms with Gasteiger partial charge < -0.3 is 11.5 Å². The first kappa shape index (κ1) is 29.7. The van der Waals surface area contributed by atoms with Gasteiger partial charge in [-0.2, -0.15) is 0 Å². The zero-order valence-electron chi connectivity index (χ0n) is 22.4. The third-order valence-electron chi connectivity index (χ3n) is 7.66.